The molecule has 2 aromatic heterocycles. The van der Waals surface area contributed by atoms with Crippen LogP contribution in [0.15, 0.2) is 34.9 Å². The summed E-state index contributed by atoms with van der Waals surface area (Å²) in [5.74, 6) is -0.331. The van der Waals surface area contributed by atoms with Crippen molar-refractivity contribution in [3.8, 4) is 5.88 Å². The van der Waals surface area contributed by atoms with Gasteiger partial charge in [0.2, 0.25) is 5.91 Å². The van der Waals surface area contributed by atoms with Gasteiger partial charge >= 0.3 is 6.01 Å². The minimum atomic E-state index is -0.222. The fourth-order valence-corrected chi connectivity index (χ4v) is 2.73. The van der Waals surface area contributed by atoms with Crippen LogP contribution in [0, 0.1) is 0 Å². The van der Waals surface area contributed by atoms with Gasteiger partial charge in [-0.3, -0.25) is 9.69 Å². The van der Waals surface area contributed by atoms with Crippen molar-refractivity contribution in [2.24, 2.45) is 5.73 Å². The second-order valence-corrected chi connectivity index (χ2v) is 5.69. The van der Waals surface area contributed by atoms with Gasteiger partial charge in [0.15, 0.2) is 5.76 Å². The van der Waals surface area contributed by atoms with E-state index in [0.29, 0.717) is 5.76 Å². The van der Waals surface area contributed by atoms with Crippen LogP contribution < -0.4 is 10.6 Å². The Balaban J connectivity index is 1.93. The zero-order valence-corrected chi connectivity index (χ0v) is 13.6. The van der Waals surface area contributed by atoms with Crippen molar-refractivity contribution in [2.45, 2.75) is 19.3 Å². The molecule has 7 nitrogen and oxygen atoms in total. The molecule has 0 aliphatic carbocycles. The van der Waals surface area contributed by atoms with Crippen LogP contribution >= 0.6 is 0 Å². The van der Waals surface area contributed by atoms with Crippen LogP contribution in [0.25, 0.3) is 10.9 Å². The van der Waals surface area contributed by atoms with Crippen molar-refractivity contribution in [3.05, 3.63) is 41.8 Å². The van der Waals surface area contributed by atoms with Gasteiger partial charge < -0.3 is 20.2 Å². The summed E-state index contributed by atoms with van der Waals surface area (Å²) in [7, 11) is 1.55. The molecule has 0 aliphatic rings. The summed E-state index contributed by atoms with van der Waals surface area (Å²) in [4.78, 5) is 20.3. The molecule has 0 saturated carbocycles. The van der Waals surface area contributed by atoms with Crippen LogP contribution in [0.5, 0.6) is 5.88 Å². The molecule has 0 radical (unpaired) electrons. The second kappa shape index (κ2) is 6.37. The molecular weight excluding hydrogens is 308 g/mol. The number of oxazole rings is 1. The average Bonchev–Trinajstić information content (AvgIpc) is 3.17. The number of aromatic amines is 1. The number of aromatic hydroxyl groups is 1. The molecule has 1 aromatic carbocycles. The van der Waals surface area contributed by atoms with Crippen molar-refractivity contribution in [2.75, 3.05) is 18.5 Å². The van der Waals surface area contributed by atoms with Crippen LogP contribution in [0.3, 0.4) is 0 Å². The molecule has 2 heterocycles. The molecule has 3 rings (SSSR count). The standard InChI is InChI=1S/C17H20N4O3/c1-10(12-9-19-13-6-4-3-5-11(12)13)15-16(23)20-17(24-15)21(2)14(22)7-8-18/h3-6,9-10,19,23H,7-8,18H2,1-2H3/t10-/m1/s1. The highest BCUT2D eigenvalue weighted by atomic mass is 16.4. The predicted octanol–water partition coefficient (Wildman–Crippen LogP) is 2.32. The predicted molar refractivity (Wildman–Crippen MR) is 91.1 cm³/mol. The molecule has 126 valence electrons. The highest BCUT2D eigenvalue weighted by molar-refractivity contribution is 5.91. The first-order valence-electron chi connectivity index (χ1n) is 7.75. The van der Waals surface area contributed by atoms with Crippen molar-refractivity contribution >= 4 is 22.8 Å². The molecule has 0 saturated heterocycles. The van der Waals surface area contributed by atoms with Crippen LogP contribution in [-0.2, 0) is 4.79 Å². The first-order valence-corrected chi connectivity index (χ1v) is 7.75. The van der Waals surface area contributed by atoms with Crippen molar-refractivity contribution < 1.29 is 14.3 Å². The van der Waals surface area contributed by atoms with Gasteiger partial charge in [-0.1, -0.05) is 25.1 Å². The number of rotatable bonds is 5. The minimum absolute atomic E-state index is 0.0626. The van der Waals surface area contributed by atoms with Crippen LogP contribution in [0.1, 0.15) is 30.6 Å². The third-order valence-electron chi connectivity index (χ3n) is 4.12. The largest absolute Gasteiger partial charge is 0.491 e. The number of benzene rings is 1. The number of carbonyl (C=O) groups is 1. The first-order chi connectivity index (χ1) is 11.5. The number of fused-ring (bicyclic) bond motifs is 1. The van der Waals surface area contributed by atoms with Gasteiger partial charge in [-0.05, 0) is 11.6 Å². The third-order valence-corrected chi connectivity index (χ3v) is 4.12. The summed E-state index contributed by atoms with van der Waals surface area (Å²) in [6, 6.07) is 7.96. The average molecular weight is 328 g/mol. The van der Waals surface area contributed by atoms with E-state index in [1.54, 1.807) is 7.05 Å². The summed E-state index contributed by atoms with van der Waals surface area (Å²) >= 11 is 0. The third kappa shape index (κ3) is 2.74. The Hall–Kier alpha value is -2.80. The highest BCUT2D eigenvalue weighted by Gasteiger charge is 2.25. The maximum Gasteiger partial charge on any atom is 0.307 e. The van der Waals surface area contributed by atoms with Gasteiger partial charge in [-0.2, -0.15) is 4.98 Å². The lowest BCUT2D eigenvalue weighted by Gasteiger charge is -2.12. The molecule has 7 heteroatoms. The number of anilines is 1. The Morgan fingerprint density at radius 2 is 2.21 bits per heavy atom. The number of aromatic nitrogens is 2. The monoisotopic (exact) mass is 328 g/mol. The normalized spacial score (nSPS) is 12.5. The number of hydrogen-bond donors (Lipinski definition) is 3. The van der Waals surface area contributed by atoms with E-state index in [-0.39, 0.29) is 36.7 Å². The number of hydrogen-bond acceptors (Lipinski definition) is 5. The first kappa shape index (κ1) is 16.1. The number of H-pyrrole nitrogens is 1. The van der Waals surface area contributed by atoms with Crippen molar-refractivity contribution in [1.82, 2.24) is 9.97 Å². The van der Waals surface area contributed by atoms with Crippen LogP contribution in [0.2, 0.25) is 0 Å². The van der Waals surface area contributed by atoms with E-state index in [9.17, 15) is 9.90 Å². The lowest BCUT2D eigenvalue weighted by molar-refractivity contribution is -0.118. The molecule has 0 fully saturated rings. The fourth-order valence-electron chi connectivity index (χ4n) is 2.73. The van der Waals surface area contributed by atoms with Gasteiger partial charge in [-0.25, -0.2) is 0 Å². The molecule has 0 spiro atoms. The zero-order chi connectivity index (χ0) is 17.3. The zero-order valence-electron chi connectivity index (χ0n) is 13.6. The summed E-state index contributed by atoms with van der Waals surface area (Å²) in [5, 5.41) is 11.2. The molecule has 4 N–H and O–H groups in total. The topological polar surface area (TPSA) is 108 Å². The highest BCUT2D eigenvalue weighted by Crippen LogP contribution is 2.36. The maximum absolute atomic E-state index is 11.9. The van der Waals surface area contributed by atoms with Crippen molar-refractivity contribution in [3.63, 3.8) is 0 Å². The smallest absolute Gasteiger partial charge is 0.307 e. The Labute approximate surface area is 139 Å². The lowest BCUT2D eigenvalue weighted by Crippen LogP contribution is -2.28. The molecule has 1 atom stereocenters. The van der Waals surface area contributed by atoms with E-state index in [0.717, 1.165) is 16.5 Å². The number of para-hydroxylation sites is 1. The molecule has 1 amide bonds. The van der Waals surface area contributed by atoms with Crippen LogP contribution in [-0.4, -0.2) is 34.6 Å². The Kier molecular flexibility index (Phi) is 4.26. The van der Waals surface area contributed by atoms with E-state index >= 15 is 0 Å². The van der Waals surface area contributed by atoms with Gasteiger partial charge in [-0.15, -0.1) is 0 Å². The van der Waals surface area contributed by atoms with Crippen LogP contribution in [0.4, 0.5) is 6.01 Å². The van der Waals surface area contributed by atoms with Gasteiger partial charge in [0.25, 0.3) is 5.88 Å². The fraction of sp³-hybridized carbons (Fsp3) is 0.294. The SMILES string of the molecule is C[C@@H](c1oc(N(C)C(=O)CCN)nc1O)c1c[nH]c2ccccc12. The Morgan fingerprint density at radius 3 is 2.96 bits per heavy atom. The number of nitrogens with one attached hydrogen (secondary N) is 1. The van der Waals surface area contributed by atoms with Crippen molar-refractivity contribution in [1.29, 1.82) is 0 Å². The molecule has 0 aliphatic heterocycles. The summed E-state index contributed by atoms with van der Waals surface area (Å²) in [5.41, 5.74) is 7.39. The maximum atomic E-state index is 11.9. The Morgan fingerprint density at radius 1 is 1.46 bits per heavy atom. The number of nitrogens with zero attached hydrogens (tertiary/aromatic N) is 2. The summed E-state index contributed by atoms with van der Waals surface area (Å²) in [6.07, 6.45) is 2.08. The molecule has 0 unspecified atom stereocenters. The van der Waals surface area contributed by atoms with Gasteiger partial charge in [0, 0.05) is 43.0 Å². The van der Waals surface area contributed by atoms with Gasteiger partial charge in [0.1, 0.15) is 0 Å². The molecule has 24 heavy (non-hydrogen) atoms. The molecule has 0 bridgehead atoms. The minimum Gasteiger partial charge on any atom is -0.491 e. The van der Waals surface area contributed by atoms with E-state index in [1.807, 2.05) is 37.4 Å². The number of nitrogens with two attached hydrogens (primary N) is 1. The Bertz CT molecular complexity index is 868. The van der Waals surface area contributed by atoms with E-state index < -0.39 is 0 Å². The summed E-state index contributed by atoms with van der Waals surface area (Å²) in [6.45, 7) is 2.16. The quantitative estimate of drug-likeness (QED) is 0.666. The van der Waals surface area contributed by atoms with Gasteiger partial charge in [0.05, 0.1) is 0 Å². The van der Waals surface area contributed by atoms with E-state index in [1.165, 1.54) is 4.90 Å². The number of amides is 1. The van der Waals surface area contributed by atoms with E-state index in [4.69, 9.17) is 10.2 Å². The van der Waals surface area contributed by atoms with E-state index in [2.05, 4.69) is 9.97 Å². The molecular formula is C17H20N4O3. The second-order valence-electron chi connectivity index (χ2n) is 5.69. The lowest BCUT2D eigenvalue weighted by atomic mass is 9.98. The summed E-state index contributed by atoms with van der Waals surface area (Å²) < 4.78 is 5.67. The molecule has 3 aromatic rings. The number of carbonyl (C=O) groups excluding carboxylic acids is 1.